The number of hydrogen-bond acceptors (Lipinski definition) is 6. The fourth-order valence-electron chi connectivity index (χ4n) is 10.0. The van der Waals surface area contributed by atoms with Crippen LogP contribution in [-0.2, 0) is 28.6 Å². The molecule has 0 aromatic carbocycles. The molecule has 0 amide bonds. The molecule has 0 aliphatic rings. The van der Waals surface area contributed by atoms with Crippen molar-refractivity contribution in [2.75, 3.05) is 13.2 Å². The van der Waals surface area contributed by atoms with Gasteiger partial charge in [0.2, 0.25) is 0 Å². The van der Waals surface area contributed by atoms with E-state index in [1.807, 2.05) is 0 Å². The maximum atomic E-state index is 12.9. The lowest BCUT2D eigenvalue weighted by atomic mass is 10.0. The standard InChI is InChI=1S/C64H124O6/c1-4-7-10-13-16-19-22-25-28-30-31-32-33-35-36-39-42-45-48-51-54-57-63(66)69-60-61(59-68-62(65)56-53-50-47-44-41-38-27-24-21-18-15-12-9-6-3)70-64(67)58-55-52-49-46-43-40-37-34-29-26-23-20-17-14-11-8-5-2/h61H,4-60H2,1-3H3. The number of carbonyl (C=O) groups excluding carboxylic acids is 3. The van der Waals surface area contributed by atoms with E-state index >= 15 is 0 Å². The molecule has 0 aliphatic heterocycles. The molecule has 0 aromatic rings. The summed E-state index contributed by atoms with van der Waals surface area (Å²) in [6.45, 7) is 6.73. The Balaban J connectivity index is 4.25. The van der Waals surface area contributed by atoms with Crippen LogP contribution in [0.5, 0.6) is 0 Å². The monoisotopic (exact) mass is 989 g/mol. The van der Waals surface area contributed by atoms with E-state index in [0.717, 1.165) is 57.8 Å². The quantitative estimate of drug-likeness (QED) is 0.0343. The summed E-state index contributed by atoms with van der Waals surface area (Å²) in [5, 5.41) is 0. The number of hydrogen-bond donors (Lipinski definition) is 0. The lowest BCUT2D eigenvalue weighted by molar-refractivity contribution is -0.167. The summed E-state index contributed by atoms with van der Waals surface area (Å²) >= 11 is 0. The predicted molar refractivity (Wildman–Crippen MR) is 303 cm³/mol. The van der Waals surface area contributed by atoms with Crippen molar-refractivity contribution in [2.45, 2.75) is 380 Å². The van der Waals surface area contributed by atoms with Gasteiger partial charge in [-0.25, -0.2) is 0 Å². The van der Waals surface area contributed by atoms with E-state index in [9.17, 15) is 14.4 Å². The highest BCUT2D eigenvalue weighted by Gasteiger charge is 2.19. The van der Waals surface area contributed by atoms with Crippen molar-refractivity contribution in [1.29, 1.82) is 0 Å². The van der Waals surface area contributed by atoms with E-state index in [1.165, 1.54) is 276 Å². The summed E-state index contributed by atoms with van der Waals surface area (Å²) in [5.74, 6) is -0.825. The molecule has 0 rings (SSSR count). The second-order valence-corrected chi connectivity index (χ2v) is 22.1. The second kappa shape index (κ2) is 60.0. The zero-order valence-electron chi connectivity index (χ0n) is 47.8. The summed E-state index contributed by atoms with van der Waals surface area (Å²) in [7, 11) is 0. The minimum atomic E-state index is -0.762. The largest absolute Gasteiger partial charge is 0.462 e. The van der Waals surface area contributed by atoms with E-state index < -0.39 is 6.10 Å². The Morgan fingerprint density at radius 3 is 0.571 bits per heavy atom. The first-order chi connectivity index (χ1) is 34.5. The van der Waals surface area contributed by atoms with Crippen molar-refractivity contribution in [1.82, 2.24) is 0 Å². The van der Waals surface area contributed by atoms with Gasteiger partial charge in [-0.1, -0.05) is 335 Å². The Kier molecular flexibility index (Phi) is 58.6. The van der Waals surface area contributed by atoms with Crippen LogP contribution in [0.15, 0.2) is 0 Å². The summed E-state index contributed by atoms with van der Waals surface area (Å²) in [6, 6.07) is 0. The third kappa shape index (κ3) is 57.3. The first-order valence-electron chi connectivity index (χ1n) is 32.0. The lowest BCUT2D eigenvalue weighted by Crippen LogP contribution is -2.30. The third-order valence-corrected chi connectivity index (χ3v) is 14.9. The van der Waals surface area contributed by atoms with Crippen LogP contribution >= 0.6 is 0 Å². The molecule has 416 valence electrons. The van der Waals surface area contributed by atoms with Crippen molar-refractivity contribution in [2.24, 2.45) is 0 Å². The van der Waals surface area contributed by atoms with Gasteiger partial charge in [0.15, 0.2) is 6.10 Å². The molecule has 0 aromatic heterocycles. The highest BCUT2D eigenvalue weighted by atomic mass is 16.6. The van der Waals surface area contributed by atoms with Crippen molar-refractivity contribution in [3.8, 4) is 0 Å². The average molecular weight is 990 g/mol. The minimum Gasteiger partial charge on any atom is -0.462 e. The number of unbranched alkanes of at least 4 members (excludes halogenated alkanes) is 49. The van der Waals surface area contributed by atoms with Gasteiger partial charge in [0.25, 0.3) is 0 Å². The molecule has 6 nitrogen and oxygen atoms in total. The molecule has 0 fully saturated rings. The first-order valence-corrected chi connectivity index (χ1v) is 32.0. The molecule has 6 heteroatoms. The second-order valence-electron chi connectivity index (χ2n) is 22.1. The fraction of sp³-hybridized carbons (Fsp3) is 0.953. The molecule has 0 N–H and O–H groups in total. The van der Waals surface area contributed by atoms with Crippen molar-refractivity contribution in [3.63, 3.8) is 0 Å². The number of esters is 3. The van der Waals surface area contributed by atoms with Crippen LogP contribution in [0.25, 0.3) is 0 Å². The molecule has 0 spiro atoms. The predicted octanol–water partition coefficient (Wildman–Crippen LogP) is 21.5. The fourth-order valence-corrected chi connectivity index (χ4v) is 10.0. The Bertz CT molecular complexity index is 1040. The van der Waals surface area contributed by atoms with Crippen molar-refractivity contribution >= 4 is 17.9 Å². The van der Waals surface area contributed by atoms with Crippen LogP contribution in [0.2, 0.25) is 0 Å². The van der Waals surface area contributed by atoms with Crippen molar-refractivity contribution < 1.29 is 28.6 Å². The molecule has 1 atom stereocenters. The van der Waals surface area contributed by atoms with E-state index in [4.69, 9.17) is 14.2 Å². The van der Waals surface area contributed by atoms with Gasteiger partial charge >= 0.3 is 17.9 Å². The normalized spacial score (nSPS) is 11.9. The van der Waals surface area contributed by atoms with Crippen LogP contribution in [0.3, 0.4) is 0 Å². The van der Waals surface area contributed by atoms with Gasteiger partial charge in [-0.05, 0) is 19.3 Å². The molecule has 0 radical (unpaired) electrons. The zero-order chi connectivity index (χ0) is 50.7. The van der Waals surface area contributed by atoms with E-state index in [2.05, 4.69) is 20.8 Å². The molecule has 0 bridgehead atoms. The van der Waals surface area contributed by atoms with Gasteiger partial charge in [0.05, 0.1) is 0 Å². The van der Waals surface area contributed by atoms with Gasteiger partial charge in [0.1, 0.15) is 13.2 Å². The average Bonchev–Trinajstić information content (AvgIpc) is 3.36. The van der Waals surface area contributed by atoms with Gasteiger partial charge in [0, 0.05) is 19.3 Å². The lowest BCUT2D eigenvalue weighted by Gasteiger charge is -2.18. The highest BCUT2D eigenvalue weighted by Crippen LogP contribution is 2.19. The molecule has 1 unspecified atom stereocenters. The number of ether oxygens (including phenoxy) is 3. The van der Waals surface area contributed by atoms with Gasteiger partial charge in [-0.2, -0.15) is 0 Å². The number of rotatable bonds is 60. The van der Waals surface area contributed by atoms with E-state index in [-0.39, 0.29) is 31.1 Å². The smallest absolute Gasteiger partial charge is 0.306 e. The maximum absolute atomic E-state index is 12.9. The third-order valence-electron chi connectivity index (χ3n) is 14.9. The van der Waals surface area contributed by atoms with Gasteiger partial charge < -0.3 is 14.2 Å². The molecule has 0 saturated carbocycles. The van der Waals surface area contributed by atoms with Gasteiger partial charge in [-0.3, -0.25) is 14.4 Å². The molecule has 0 heterocycles. The topological polar surface area (TPSA) is 78.9 Å². The SMILES string of the molecule is CCCCCCCCCCCCCCCCCCCCCCCC(=O)OCC(COC(=O)CCCCCCCCCCCCCCCC)OC(=O)CCCCCCCCCCCCCCCCCCC. The Labute approximate surface area is 438 Å². The summed E-state index contributed by atoms with van der Waals surface area (Å²) in [5.41, 5.74) is 0. The Morgan fingerprint density at radius 2 is 0.386 bits per heavy atom. The summed E-state index contributed by atoms with van der Waals surface area (Å²) in [6.07, 6.45) is 68.2. The molecule has 0 saturated heterocycles. The summed E-state index contributed by atoms with van der Waals surface area (Å²) in [4.78, 5) is 38.3. The molecular formula is C64H124O6. The minimum absolute atomic E-state index is 0.0605. The molecule has 0 aliphatic carbocycles. The van der Waals surface area contributed by atoms with Gasteiger partial charge in [-0.15, -0.1) is 0 Å². The van der Waals surface area contributed by atoms with Crippen LogP contribution in [0, 0.1) is 0 Å². The highest BCUT2D eigenvalue weighted by molar-refractivity contribution is 5.71. The van der Waals surface area contributed by atoms with Crippen LogP contribution in [0.1, 0.15) is 374 Å². The van der Waals surface area contributed by atoms with E-state index in [1.54, 1.807) is 0 Å². The Hall–Kier alpha value is -1.59. The summed E-state index contributed by atoms with van der Waals surface area (Å²) < 4.78 is 17.0. The van der Waals surface area contributed by atoms with Crippen molar-refractivity contribution in [3.05, 3.63) is 0 Å². The Morgan fingerprint density at radius 1 is 0.229 bits per heavy atom. The van der Waals surface area contributed by atoms with Crippen LogP contribution < -0.4 is 0 Å². The zero-order valence-corrected chi connectivity index (χ0v) is 47.8. The molecule has 70 heavy (non-hydrogen) atoms. The first kappa shape index (κ1) is 68.4. The number of carbonyl (C=O) groups is 3. The molecular weight excluding hydrogens is 865 g/mol. The van der Waals surface area contributed by atoms with Crippen LogP contribution in [-0.4, -0.2) is 37.2 Å². The maximum Gasteiger partial charge on any atom is 0.306 e. The van der Waals surface area contributed by atoms with E-state index in [0.29, 0.717) is 19.3 Å². The van der Waals surface area contributed by atoms with Crippen LogP contribution in [0.4, 0.5) is 0 Å².